The number of carbonyl (C=O) groups excluding carboxylic acids is 1. The maximum atomic E-state index is 13.1. The van der Waals surface area contributed by atoms with Gasteiger partial charge in [0.1, 0.15) is 17.5 Å². The Bertz CT molecular complexity index is 830. The molecule has 1 amide bonds. The number of anilines is 1. The van der Waals surface area contributed by atoms with Gasteiger partial charge in [-0.1, -0.05) is 34.6 Å². The molecule has 164 valence electrons. The van der Waals surface area contributed by atoms with Gasteiger partial charge in [-0.25, -0.2) is 8.42 Å². The highest BCUT2D eigenvalue weighted by Crippen LogP contribution is 2.35. The van der Waals surface area contributed by atoms with Gasteiger partial charge in [-0.3, -0.25) is 19.2 Å². The smallest absolute Gasteiger partial charge is 0.271 e. The number of nitrogens with zero attached hydrogens (tertiary/aromatic N) is 2. The number of ether oxygens (including phenoxy) is 1. The van der Waals surface area contributed by atoms with Crippen LogP contribution in [0, 0.1) is 22.0 Å². The fraction of sp³-hybridized carbons (Fsp3) is 0.632. The molecular formula is C19H31N3O6S. The molecule has 1 N–H and O–H groups in total. The van der Waals surface area contributed by atoms with Crippen LogP contribution in [-0.2, 0) is 14.8 Å². The molecule has 1 aromatic carbocycles. The van der Waals surface area contributed by atoms with Gasteiger partial charge < -0.3 is 10.1 Å². The second kappa shape index (κ2) is 9.91. The highest BCUT2D eigenvalue weighted by molar-refractivity contribution is 7.92. The van der Waals surface area contributed by atoms with E-state index in [1.54, 1.807) is 6.92 Å². The molecule has 29 heavy (non-hydrogen) atoms. The van der Waals surface area contributed by atoms with E-state index >= 15 is 0 Å². The number of rotatable bonds is 10. The fourth-order valence-corrected chi connectivity index (χ4v) is 4.57. The summed E-state index contributed by atoms with van der Waals surface area (Å²) >= 11 is 0. The standard InChI is InChI=1S/C19H31N3O6S/c1-8-15(19(23)20-18(12(2)3)13(4)5)21(29(7,26)27)16-11-14(22(24)25)9-10-17(16)28-6/h9-13,15,18H,8H2,1-7H3,(H,20,23). The van der Waals surface area contributed by atoms with Crippen molar-refractivity contribution >= 4 is 27.3 Å². The molecule has 0 spiro atoms. The Labute approximate surface area is 172 Å². The molecule has 0 aliphatic heterocycles. The van der Waals surface area contributed by atoms with E-state index < -0.39 is 26.9 Å². The van der Waals surface area contributed by atoms with E-state index in [4.69, 9.17) is 4.74 Å². The van der Waals surface area contributed by atoms with Gasteiger partial charge in [-0.05, 0) is 24.3 Å². The van der Waals surface area contributed by atoms with Gasteiger partial charge in [0.2, 0.25) is 15.9 Å². The SMILES string of the molecule is CCC(C(=O)NC(C(C)C)C(C)C)N(c1cc([N+](=O)[O-])ccc1OC)S(C)(=O)=O. The Morgan fingerprint density at radius 1 is 1.24 bits per heavy atom. The Hall–Kier alpha value is -2.36. The van der Waals surface area contributed by atoms with Crippen molar-refractivity contribution in [2.24, 2.45) is 11.8 Å². The molecule has 0 aliphatic carbocycles. The summed E-state index contributed by atoms with van der Waals surface area (Å²) in [6, 6.07) is 2.42. The number of nitrogens with one attached hydrogen (secondary N) is 1. The zero-order chi connectivity index (χ0) is 22.5. The summed E-state index contributed by atoms with van der Waals surface area (Å²) in [4.78, 5) is 23.7. The number of nitro groups is 1. The van der Waals surface area contributed by atoms with Gasteiger partial charge >= 0.3 is 0 Å². The highest BCUT2D eigenvalue weighted by Gasteiger charge is 2.35. The fourth-order valence-electron chi connectivity index (χ4n) is 3.36. The quantitative estimate of drug-likeness (QED) is 0.451. The molecule has 1 aromatic rings. The first-order valence-corrected chi connectivity index (χ1v) is 11.3. The van der Waals surface area contributed by atoms with Crippen molar-refractivity contribution in [2.45, 2.75) is 53.1 Å². The van der Waals surface area contributed by atoms with Crippen LogP contribution in [0.5, 0.6) is 5.75 Å². The van der Waals surface area contributed by atoms with E-state index in [1.165, 1.54) is 19.2 Å². The second-order valence-electron chi connectivity index (χ2n) is 7.62. The lowest BCUT2D eigenvalue weighted by Gasteiger charge is -2.33. The third kappa shape index (κ3) is 6.06. The molecule has 0 heterocycles. The first kappa shape index (κ1) is 24.7. The Balaban J connectivity index is 3.53. The zero-order valence-electron chi connectivity index (χ0n) is 18.0. The van der Waals surface area contributed by atoms with Crippen molar-refractivity contribution in [3.8, 4) is 5.75 Å². The topological polar surface area (TPSA) is 119 Å². The number of sulfonamides is 1. The summed E-state index contributed by atoms with van der Waals surface area (Å²) in [6.07, 6.45) is 1.14. The summed E-state index contributed by atoms with van der Waals surface area (Å²) in [6.45, 7) is 9.59. The minimum Gasteiger partial charge on any atom is -0.495 e. The number of amides is 1. The highest BCUT2D eigenvalue weighted by atomic mass is 32.2. The molecule has 1 rings (SSSR count). The minimum atomic E-state index is -3.96. The molecule has 0 aromatic heterocycles. The van der Waals surface area contributed by atoms with E-state index in [0.717, 1.165) is 16.6 Å². The third-order valence-corrected chi connectivity index (χ3v) is 5.85. The predicted molar refractivity (Wildman–Crippen MR) is 113 cm³/mol. The number of methoxy groups -OCH3 is 1. The van der Waals surface area contributed by atoms with Crippen molar-refractivity contribution in [3.05, 3.63) is 28.3 Å². The lowest BCUT2D eigenvalue weighted by atomic mass is 9.93. The van der Waals surface area contributed by atoms with Crippen molar-refractivity contribution in [1.82, 2.24) is 5.32 Å². The molecule has 0 saturated carbocycles. The number of non-ortho nitro benzene ring substituents is 1. The van der Waals surface area contributed by atoms with Crippen molar-refractivity contribution in [2.75, 3.05) is 17.7 Å². The van der Waals surface area contributed by atoms with E-state index in [2.05, 4.69) is 5.32 Å². The maximum Gasteiger partial charge on any atom is 0.271 e. The molecule has 10 heteroatoms. The number of hydrogen-bond acceptors (Lipinski definition) is 6. The first-order chi connectivity index (χ1) is 13.3. The average molecular weight is 430 g/mol. The van der Waals surface area contributed by atoms with Gasteiger partial charge in [0.25, 0.3) is 5.69 Å². The number of benzene rings is 1. The Morgan fingerprint density at radius 3 is 2.17 bits per heavy atom. The van der Waals surface area contributed by atoms with Crippen LogP contribution < -0.4 is 14.4 Å². The first-order valence-electron chi connectivity index (χ1n) is 9.47. The van der Waals surface area contributed by atoms with Gasteiger partial charge in [0.15, 0.2) is 0 Å². The van der Waals surface area contributed by atoms with Crippen LogP contribution in [0.2, 0.25) is 0 Å². The van der Waals surface area contributed by atoms with E-state index in [1.807, 2.05) is 27.7 Å². The maximum absolute atomic E-state index is 13.1. The summed E-state index contributed by atoms with van der Waals surface area (Å²) in [5, 5.41) is 14.2. The molecule has 0 fully saturated rings. The molecular weight excluding hydrogens is 398 g/mol. The lowest BCUT2D eigenvalue weighted by molar-refractivity contribution is -0.384. The number of hydrogen-bond donors (Lipinski definition) is 1. The Morgan fingerprint density at radius 2 is 1.79 bits per heavy atom. The van der Waals surface area contributed by atoms with Crippen LogP contribution in [0.4, 0.5) is 11.4 Å². The molecule has 0 bridgehead atoms. The number of nitro benzene ring substituents is 1. The monoisotopic (exact) mass is 429 g/mol. The normalized spacial score (nSPS) is 12.9. The van der Waals surface area contributed by atoms with Crippen LogP contribution in [0.15, 0.2) is 18.2 Å². The van der Waals surface area contributed by atoms with Crippen LogP contribution >= 0.6 is 0 Å². The average Bonchev–Trinajstić information content (AvgIpc) is 2.61. The minimum absolute atomic E-state index is 0.0446. The van der Waals surface area contributed by atoms with Crippen molar-refractivity contribution < 1.29 is 22.9 Å². The molecule has 1 unspecified atom stereocenters. The van der Waals surface area contributed by atoms with Crippen LogP contribution in [0.1, 0.15) is 41.0 Å². The summed E-state index contributed by atoms with van der Waals surface area (Å²) < 4.78 is 31.5. The van der Waals surface area contributed by atoms with Gasteiger partial charge in [0, 0.05) is 18.2 Å². The summed E-state index contributed by atoms with van der Waals surface area (Å²) in [5.74, 6) is -0.0404. The summed E-state index contributed by atoms with van der Waals surface area (Å²) in [7, 11) is -2.62. The molecule has 0 saturated heterocycles. The second-order valence-corrected chi connectivity index (χ2v) is 9.48. The zero-order valence-corrected chi connectivity index (χ0v) is 18.8. The predicted octanol–water partition coefficient (Wildman–Crippen LogP) is 2.94. The number of carbonyl (C=O) groups is 1. The molecule has 1 atom stereocenters. The van der Waals surface area contributed by atoms with Gasteiger partial charge in [-0.15, -0.1) is 0 Å². The largest absolute Gasteiger partial charge is 0.495 e. The van der Waals surface area contributed by atoms with Crippen molar-refractivity contribution in [3.63, 3.8) is 0 Å². The molecule has 9 nitrogen and oxygen atoms in total. The van der Waals surface area contributed by atoms with Crippen LogP contribution in [0.25, 0.3) is 0 Å². The summed E-state index contributed by atoms with van der Waals surface area (Å²) in [5.41, 5.74) is -0.344. The van der Waals surface area contributed by atoms with E-state index in [-0.39, 0.29) is 41.4 Å². The molecule has 0 radical (unpaired) electrons. The lowest BCUT2D eigenvalue weighted by Crippen LogP contribution is -2.53. The van der Waals surface area contributed by atoms with Gasteiger partial charge in [0.05, 0.1) is 18.3 Å². The Kier molecular flexibility index (Phi) is 8.43. The van der Waals surface area contributed by atoms with E-state index in [9.17, 15) is 23.3 Å². The third-order valence-electron chi connectivity index (χ3n) is 4.69. The van der Waals surface area contributed by atoms with E-state index in [0.29, 0.717) is 0 Å². The van der Waals surface area contributed by atoms with Crippen LogP contribution in [0.3, 0.4) is 0 Å². The van der Waals surface area contributed by atoms with Gasteiger partial charge in [-0.2, -0.15) is 0 Å². The van der Waals surface area contributed by atoms with Crippen LogP contribution in [-0.4, -0.2) is 44.7 Å². The molecule has 0 aliphatic rings. The van der Waals surface area contributed by atoms with Crippen molar-refractivity contribution in [1.29, 1.82) is 0 Å².